The van der Waals surface area contributed by atoms with Gasteiger partial charge in [-0.2, -0.15) is 0 Å². The topological polar surface area (TPSA) is 87.7 Å². The largest absolute Gasteiger partial charge is 0.455 e. The summed E-state index contributed by atoms with van der Waals surface area (Å²) in [6.07, 6.45) is 0.485. The number of carbonyl (C=O) groups is 3. The first-order valence-corrected chi connectivity index (χ1v) is 10.0. The van der Waals surface area contributed by atoms with Gasteiger partial charge in [0.1, 0.15) is 17.8 Å². The average molecular weight is 430 g/mol. The summed E-state index contributed by atoms with van der Waals surface area (Å²) in [4.78, 5) is 38.6. The van der Waals surface area contributed by atoms with E-state index in [-0.39, 0.29) is 5.92 Å². The number of hydrogen-bond donors (Lipinski definition) is 2. The highest BCUT2D eigenvalue weighted by molar-refractivity contribution is 6.31. The molecule has 0 bridgehead atoms. The monoisotopic (exact) mass is 429 g/mol. The number of urea groups is 1. The minimum atomic E-state index is -1.01. The molecule has 4 amide bonds. The first-order chi connectivity index (χ1) is 14.2. The number of nitrogens with one attached hydrogen (secondary N) is 2. The third-order valence-corrected chi connectivity index (χ3v) is 4.89. The van der Waals surface area contributed by atoms with E-state index in [0.717, 1.165) is 4.90 Å². The lowest BCUT2D eigenvalue weighted by Gasteiger charge is -2.23. The molecule has 1 fully saturated rings. The fourth-order valence-corrected chi connectivity index (χ4v) is 3.66. The Morgan fingerprint density at radius 2 is 1.90 bits per heavy atom. The molecular weight excluding hydrogens is 406 g/mol. The number of carbonyl (C=O) groups excluding carboxylic acids is 3. The predicted octanol–water partition coefficient (Wildman–Crippen LogP) is 4.43. The number of ether oxygens (including phenoxy) is 1. The van der Waals surface area contributed by atoms with Crippen LogP contribution in [0.1, 0.15) is 27.2 Å². The lowest BCUT2D eigenvalue weighted by molar-refractivity contribution is -0.133. The van der Waals surface area contributed by atoms with E-state index in [1.807, 2.05) is 32.0 Å². The Balaban J connectivity index is 1.73. The van der Waals surface area contributed by atoms with Gasteiger partial charge in [0.25, 0.3) is 5.91 Å². The number of para-hydroxylation sites is 1. The summed E-state index contributed by atoms with van der Waals surface area (Å²) in [7, 11) is 0. The van der Waals surface area contributed by atoms with Gasteiger partial charge in [0, 0.05) is 5.02 Å². The van der Waals surface area contributed by atoms with Crippen LogP contribution < -0.4 is 15.4 Å². The smallest absolute Gasteiger partial charge is 0.325 e. The zero-order chi connectivity index (χ0) is 21.9. The highest BCUT2D eigenvalue weighted by atomic mass is 35.5. The first kappa shape index (κ1) is 21.6. The van der Waals surface area contributed by atoms with Crippen molar-refractivity contribution in [3.63, 3.8) is 0 Å². The van der Waals surface area contributed by atoms with Crippen LogP contribution in [0, 0.1) is 5.92 Å². The molecule has 158 valence electrons. The molecular formula is C22H24ClN3O4. The van der Waals surface area contributed by atoms with Crippen LogP contribution in [0.15, 0.2) is 48.5 Å². The number of amides is 4. The highest BCUT2D eigenvalue weighted by Crippen LogP contribution is 2.32. The van der Waals surface area contributed by atoms with E-state index < -0.39 is 29.9 Å². The van der Waals surface area contributed by atoms with Gasteiger partial charge in [-0.1, -0.05) is 43.6 Å². The van der Waals surface area contributed by atoms with Crippen LogP contribution >= 0.6 is 11.6 Å². The molecule has 8 heteroatoms. The number of benzene rings is 2. The van der Waals surface area contributed by atoms with Crippen molar-refractivity contribution in [1.29, 1.82) is 0 Å². The number of imide groups is 1. The van der Waals surface area contributed by atoms with Gasteiger partial charge in [-0.15, -0.1) is 0 Å². The van der Waals surface area contributed by atoms with Crippen LogP contribution in [0.25, 0.3) is 0 Å². The second kappa shape index (κ2) is 8.75. The van der Waals surface area contributed by atoms with Gasteiger partial charge in [-0.25, -0.2) is 4.79 Å². The zero-order valence-corrected chi connectivity index (χ0v) is 17.8. The fraction of sp³-hybridized carbons (Fsp3) is 0.318. The molecule has 0 aromatic heterocycles. The summed E-state index contributed by atoms with van der Waals surface area (Å²) in [6, 6.07) is 13.3. The van der Waals surface area contributed by atoms with Gasteiger partial charge in [0.15, 0.2) is 5.75 Å². The van der Waals surface area contributed by atoms with Gasteiger partial charge in [0.05, 0.1) is 5.69 Å². The standard InChI is InChI=1S/C22H24ClN3O4/c1-14(2)12-22(3)20(28)26(21(29)25-22)13-19(27)24-17-11-15(23)9-10-18(17)30-16-7-5-4-6-8-16/h4-11,14H,12-13H2,1-3H3,(H,24,27)(H,25,29)/t22-/m1/s1. The van der Waals surface area contributed by atoms with Crippen molar-refractivity contribution in [3.8, 4) is 11.5 Å². The van der Waals surface area contributed by atoms with Crippen molar-refractivity contribution in [1.82, 2.24) is 10.2 Å². The minimum absolute atomic E-state index is 0.206. The van der Waals surface area contributed by atoms with E-state index in [1.165, 1.54) is 0 Å². The summed E-state index contributed by atoms with van der Waals surface area (Å²) in [5.74, 6) is 0.238. The fourth-order valence-electron chi connectivity index (χ4n) is 3.48. The summed E-state index contributed by atoms with van der Waals surface area (Å²) >= 11 is 6.07. The van der Waals surface area contributed by atoms with Crippen molar-refractivity contribution < 1.29 is 19.1 Å². The molecule has 30 heavy (non-hydrogen) atoms. The van der Waals surface area contributed by atoms with E-state index in [9.17, 15) is 14.4 Å². The molecule has 2 aromatic rings. The number of nitrogens with zero attached hydrogens (tertiary/aromatic N) is 1. The molecule has 1 heterocycles. The molecule has 0 unspecified atom stereocenters. The van der Waals surface area contributed by atoms with Crippen molar-refractivity contribution in [3.05, 3.63) is 53.6 Å². The molecule has 0 spiro atoms. The molecule has 0 aliphatic carbocycles. The van der Waals surface area contributed by atoms with Crippen LogP contribution in [0.2, 0.25) is 5.02 Å². The lowest BCUT2D eigenvalue weighted by Crippen LogP contribution is -2.45. The number of hydrogen-bond acceptors (Lipinski definition) is 4. The van der Waals surface area contributed by atoms with Gasteiger partial charge < -0.3 is 15.4 Å². The molecule has 0 saturated carbocycles. The van der Waals surface area contributed by atoms with Crippen LogP contribution in [0.3, 0.4) is 0 Å². The second-order valence-electron chi connectivity index (χ2n) is 7.86. The molecule has 2 N–H and O–H groups in total. The maximum absolute atomic E-state index is 12.7. The second-order valence-corrected chi connectivity index (χ2v) is 8.29. The first-order valence-electron chi connectivity index (χ1n) is 9.64. The summed E-state index contributed by atoms with van der Waals surface area (Å²) in [6.45, 7) is 5.20. The molecule has 1 aliphatic rings. The van der Waals surface area contributed by atoms with Crippen LogP contribution in [0.5, 0.6) is 11.5 Å². The Labute approximate surface area is 180 Å². The van der Waals surface area contributed by atoms with E-state index in [1.54, 1.807) is 37.3 Å². The van der Waals surface area contributed by atoms with E-state index in [0.29, 0.717) is 28.6 Å². The van der Waals surface area contributed by atoms with Gasteiger partial charge >= 0.3 is 6.03 Å². The molecule has 3 rings (SSSR count). The van der Waals surface area contributed by atoms with Crippen LogP contribution in [-0.4, -0.2) is 34.8 Å². The van der Waals surface area contributed by atoms with Crippen molar-refractivity contribution in [2.75, 3.05) is 11.9 Å². The Morgan fingerprint density at radius 1 is 1.20 bits per heavy atom. The number of rotatable bonds is 7. The molecule has 7 nitrogen and oxygen atoms in total. The average Bonchev–Trinajstić information content (AvgIpc) is 2.87. The summed E-state index contributed by atoms with van der Waals surface area (Å²) in [5, 5.41) is 5.79. The quantitative estimate of drug-likeness (QED) is 0.637. The maximum Gasteiger partial charge on any atom is 0.325 e. The molecule has 1 atom stereocenters. The zero-order valence-electron chi connectivity index (χ0n) is 17.1. The Kier molecular flexibility index (Phi) is 6.31. The number of halogens is 1. The van der Waals surface area contributed by atoms with Crippen LogP contribution in [-0.2, 0) is 9.59 Å². The molecule has 1 saturated heterocycles. The Hall–Kier alpha value is -3.06. The van der Waals surface area contributed by atoms with Gasteiger partial charge in [-0.3, -0.25) is 14.5 Å². The summed E-state index contributed by atoms with van der Waals surface area (Å²) < 4.78 is 5.82. The number of anilines is 1. The Bertz CT molecular complexity index is 964. The van der Waals surface area contributed by atoms with Crippen molar-refractivity contribution in [2.24, 2.45) is 5.92 Å². The van der Waals surface area contributed by atoms with E-state index in [4.69, 9.17) is 16.3 Å². The third kappa shape index (κ3) is 4.91. The Morgan fingerprint density at radius 3 is 2.57 bits per heavy atom. The van der Waals surface area contributed by atoms with E-state index >= 15 is 0 Å². The molecule has 1 aliphatic heterocycles. The van der Waals surface area contributed by atoms with Crippen molar-refractivity contribution >= 4 is 35.1 Å². The molecule has 2 aromatic carbocycles. The maximum atomic E-state index is 12.7. The predicted molar refractivity (Wildman–Crippen MR) is 115 cm³/mol. The lowest BCUT2D eigenvalue weighted by atomic mass is 9.91. The SMILES string of the molecule is CC(C)C[C@@]1(C)NC(=O)N(CC(=O)Nc2cc(Cl)ccc2Oc2ccccc2)C1=O. The van der Waals surface area contributed by atoms with Gasteiger partial charge in [0.2, 0.25) is 5.91 Å². The minimum Gasteiger partial charge on any atom is -0.455 e. The van der Waals surface area contributed by atoms with E-state index in [2.05, 4.69) is 10.6 Å². The highest BCUT2D eigenvalue weighted by Gasteiger charge is 2.48. The normalized spacial score (nSPS) is 18.5. The molecule has 0 radical (unpaired) electrons. The van der Waals surface area contributed by atoms with Crippen LogP contribution in [0.4, 0.5) is 10.5 Å². The third-order valence-electron chi connectivity index (χ3n) is 4.65. The van der Waals surface area contributed by atoms with Gasteiger partial charge in [-0.05, 0) is 49.6 Å². The van der Waals surface area contributed by atoms with Crippen molar-refractivity contribution in [2.45, 2.75) is 32.7 Å². The summed E-state index contributed by atoms with van der Waals surface area (Å²) in [5.41, 5.74) is -0.670.